The number of oxime groups is 1. The van der Waals surface area contributed by atoms with Crippen molar-refractivity contribution >= 4 is 5.71 Å². The summed E-state index contributed by atoms with van der Waals surface area (Å²) in [4.78, 5) is 4.73. The van der Waals surface area contributed by atoms with Crippen LogP contribution in [0.15, 0.2) is 23.4 Å². The Morgan fingerprint density at radius 3 is 3.08 bits per heavy atom. The first-order valence-electron chi connectivity index (χ1n) is 4.15. The van der Waals surface area contributed by atoms with E-state index in [9.17, 15) is 0 Å². The zero-order valence-electron chi connectivity index (χ0n) is 7.70. The fraction of sp³-hybridized carbons (Fsp3) is 0.300. The summed E-state index contributed by atoms with van der Waals surface area (Å²) in [5.74, 6) is 0.929. The van der Waals surface area contributed by atoms with Crippen molar-refractivity contribution in [2.24, 2.45) is 5.16 Å². The van der Waals surface area contributed by atoms with Gasteiger partial charge in [-0.2, -0.15) is 0 Å². The van der Waals surface area contributed by atoms with Crippen molar-refractivity contribution in [3.05, 3.63) is 29.3 Å². The normalized spacial score (nSPS) is 16.9. The lowest BCUT2D eigenvalue weighted by molar-refractivity contribution is 0.211. The predicted octanol–water partition coefficient (Wildman–Crippen LogP) is 1.74. The Hall–Kier alpha value is -1.51. The van der Waals surface area contributed by atoms with Gasteiger partial charge in [0.2, 0.25) is 0 Å². The standard InChI is InChI=1S/C10H11NO2/c1-7-4-3-5-8-9(11-12-2)6-13-10(7)8/h3-5H,6H2,1-2H3/b11-9-. The molecule has 1 aromatic rings. The summed E-state index contributed by atoms with van der Waals surface area (Å²) in [6.07, 6.45) is 0. The van der Waals surface area contributed by atoms with Gasteiger partial charge in [-0.25, -0.2) is 0 Å². The summed E-state index contributed by atoms with van der Waals surface area (Å²) in [5, 5.41) is 3.90. The second-order valence-corrected chi connectivity index (χ2v) is 2.96. The van der Waals surface area contributed by atoms with Gasteiger partial charge in [0.15, 0.2) is 0 Å². The molecule has 0 aliphatic carbocycles. The maximum atomic E-state index is 5.48. The van der Waals surface area contributed by atoms with Crippen molar-refractivity contribution in [1.82, 2.24) is 0 Å². The van der Waals surface area contributed by atoms with E-state index in [0.29, 0.717) is 6.61 Å². The fourth-order valence-electron chi connectivity index (χ4n) is 1.48. The molecule has 0 bridgehead atoms. The Bertz CT molecular complexity index is 358. The van der Waals surface area contributed by atoms with Crippen LogP contribution in [0.2, 0.25) is 0 Å². The molecule has 1 aliphatic rings. The summed E-state index contributed by atoms with van der Waals surface area (Å²) < 4.78 is 5.48. The Balaban J connectivity index is 2.49. The average Bonchev–Trinajstić information content (AvgIpc) is 2.51. The van der Waals surface area contributed by atoms with Gasteiger partial charge in [-0.15, -0.1) is 0 Å². The van der Waals surface area contributed by atoms with Gasteiger partial charge in [0.25, 0.3) is 0 Å². The molecule has 0 atom stereocenters. The molecule has 1 heterocycles. The lowest BCUT2D eigenvalue weighted by atomic mass is 10.1. The molecular formula is C10H11NO2. The van der Waals surface area contributed by atoms with Gasteiger partial charge in [-0.3, -0.25) is 0 Å². The molecule has 1 aromatic carbocycles. The van der Waals surface area contributed by atoms with E-state index >= 15 is 0 Å². The fourth-order valence-corrected chi connectivity index (χ4v) is 1.48. The molecule has 0 amide bonds. The quantitative estimate of drug-likeness (QED) is 0.612. The van der Waals surface area contributed by atoms with E-state index in [1.807, 2.05) is 25.1 Å². The first-order chi connectivity index (χ1) is 6.33. The van der Waals surface area contributed by atoms with Gasteiger partial charge < -0.3 is 9.57 Å². The van der Waals surface area contributed by atoms with Crippen molar-refractivity contribution in [3.8, 4) is 5.75 Å². The minimum absolute atomic E-state index is 0.508. The van der Waals surface area contributed by atoms with Crippen LogP contribution < -0.4 is 4.74 Å². The molecule has 3 nitrogen and oxygen atoms in total. The number of nitrogens with zero attached hydrogens (tertiary/aromatic N) is 1. The van der Waals surface area contributed by atoms with E-state index in [1.54, 1.807) is 7.11 Å². The number of hydrogen-bond donors (Lipinski definition) is 0. The van der Waals surface area contributed by atoms with Crippen LogP contribution in [0.4, 0.5) is 0 Å². The Morgan fingerprint density at radius 2 is 2.31 bits per heavy atom. The maximum absolute atomic E-state index is 5.48. The van der Waals surface area contributed by atoms with Crippen LogP contribution in [0.25, 0.3) is 0 Å². The SMILES string of the molecule is CO/N=C1/COc2c(C)cccc21. The number of hydrogen-bond acceptors (Lipinski definition) is 3. The molecule has 13 heavy (non-hydrogen) atoms. The molecule has 0 spiro atoms. The van der Waals surface area contributed by atoms with Gasteiger partial charge in [-0.05, 0) is 18.6 Å². The van der Waals surface area contributed by atoms with Crippen LogP contribution in [-0.2, 0) is 4.84 Å². The number of benzene rings is 1. The highest BCUT2D eigenvalue weighted by molar-refractivity contribution is 6.06. The zero-order valence-corrected chi connectivity index (χ0v) is 7.70. The van der Waals surface area contributed by atoms with E-state index in [0.717, 1.165) is 22.6 Å². The highest BCUT2D eigenvalue weighted by atomic mass is 16.6. The van der Waals surface area contributed by atoms with Crippen LogP contribution >= 0.6 is 0 Å². The lowest BCUT2D eigenvalue weighted by Crippen LogP contribution is -2.02. The van der Waals surface area contributed by atoms with E-state index in [1.165, 1.54) is 0 Å². The minimum Gasteiger partial charge on any atom is -0.486 e. The molecule has 0 aromatic heterocycles. The van der Waals surface area contributed by atoms with Gasteiger partial charge in [-0.1, -0.05) is 17.3 Å². The molecule has 0 unspecified atom stereocenters. The molecule has 68 valence electrons. The van der Waals surface area contributed by atoms with E-state index < -0.39 is 0 Å². The lowest BCUT2D eigenvalue weighted by Gasteiger charge is -2.00. The Kier molecular flexibility index (Phi) is 1.93. The van der Waals surface area contributed by atoms with E-state index in [2.05, 4.69) is 5.16 Å². The molecule has 0 fully saturated rings. The Labute approximate surface area is 77.0 Å². The largest absolute Gasteiger partial charge is 0.486 e. The number of fused-ring (bicyclic) bond motifs is 1. The number of ether oxygens (including phenoxy) is 1. The maximum Gasteiger partial charge on any atom is 0.134 e. The molecule has 0 radical (unpaired) electrons. The molecule has 0 saturated heterocycles. The number of rotatable bonds is 1. The number of para-hydroxylation sites is 1. The van der Waals surface area contributed by atoms with E-state index in [-0.39, 0.29) is 0 Å². The Morgan fingerprint density at radius 1 is 1.46 bits per heavy atom. The highest BCUT2D eigenvalue weighted by Crippen LogP contribution is 2.28. The molecule has 1 aliphatic heterocycles. The minimum atomic E-state index is 0.508. The molecule has 2 rings (SSSR count). The summed E-state index contributed by atoms with van der Waals surface area (Å²) in [6, 6.07) is 6.01. The zero-order chi connectivity index (χ0) is 9.26. The topological polar surface area (TPSA) is 30.8 Å². The van der Waals surface area contributed by atoms with E-state index in [4.69, 9.17) is 9.57 Å². The average molecular weight is 177 g/mol. The monoisotopic (exact) mass is 177 g/mol. The first kappa shape index (κ1) is 8.10. The van der Waals surface area contributed by atoms with Crippen molar-refractivity contribution in [2.45, 2.75) is 6.92 Å². The van der Waals surface area contributed by atoms with Crippen LogP contribution in [0.1, 0.15) is 11.1 Å². The predicted molar refractivity (Wildman–Crippen MR) is 50.2 cm³/mol. The van der Waals surface area contributed by atoms with Gasteiger partial charge in [0.1, 0.15) is 25.2 Å². The van der Waals surface area contributed by atoms with Crippen LogP contribution in [0, 0.1) is 6.92 Å². The number of aryl methyl sites for hydroxylation is 1. The van der Waals surface area contributed by atoms with Gasteiger partial charge in [0, 0.05) is 5.56 Å². The smallest absolute Gasteiger partial charge is 0.134 e. The van der Waals surface area contributed by atoms with Crippen molar-refractivity contribution in [3.63, 3.8) is 0 Å². The van der Waals surface area contributed by atoms with Crippen LogP contribution in [0.3, 0.4) is 0 Å². The summed E-state index contributed by atoms with van der Waals surface area (Å²) in [5.41, 5.74) is 3.04. The van der Waals surface area contributed by atoms with Crippen molar-refractivity contribution < 1.29 is 9.57 Å². The molecule has 0 saturated carbocycles. The third-order valence-electron chi connectivity index (χ3n) is 2.08. The van der Waals surface area contributed by atoms with Crippen LogP contribution in [-0.4, -0.2) is 19.4 Å². The molecule has 3 heteroatoms. The van der Waals surface area contributed by atoms with Crippen LogP contribution in [0.5, 0.6) is 5.75 Å². The van der Waals surface area contributed by atoms with Gasteiger partial charge in [0.05, 0.1) is 0 Å². The van der Waals surface area contributed by atoms with Crippen molar-refractivity contribution in [2.75, 3.05) is 13.7 Å². The molecule has 0 N–H and O–H groups in total. The second kappa shape index (κ2) is 3.09. The summed E-state index contributed by atoms with van der Waals surface area (Å²) >= 11 is 0. The molecular weight excluding hydrogens is 166 g/mol. The highest BCUT2D eigenvalue weighted by Gasteiger charge is 2.20. The third kappa shape index (κ3) is 1.26. The van der Waals surface area contributed by atoms with Crippen molar-refractivity contribution in [1.29, 1.82) is 0 Å². The summed E-state index contributed by atoms with van der Waals surface area (Å²) in [6.45, 7) is 2.53. The first-order valence-corrected chi connectivity index (χ1v) is 4.15. The third-order valence-corrected chi connectivity index (χ3v) is 2.08. The summed E-state index contributed by atoms with van der Waals surface area (Å²) in [7, 11) is 1.54. The second-order valence-electron chi connectivity index (χ2n) is 2.96. The van der Waals surface area contributed by atoms with Gasteiger partial charge >= 0.3 is 0 Å².